The van der Waals surface area contributed by atoms with Crippen molar-refractivity contribution in [2.75, 3.05) is 39.5 Å². The fourth-order valence-electron chi connectivity index (χ4n) is 3.69. The fourth-order valence-corrected chi connectivity index (χ4v) is 3.69. The normalized spacial score (nSPS) is 16.2. The van der Waals surface area contributed by atoms with Crippen LogP contribution in [-0.2, 0) is 4.74 Å². The summed E-state index contributed by atoms with van der Waals surface area (Å²) in [6, 6.07) is 8.39. The van der Waals surface area contributed by atoms with Gasteiger partial charge in [-0.25, -0.2) is 4.98 Å². The summed E-state index contributed by atoms with van der Waals surface area (Å²) >= 11 is 0. The van der Waals surface area contributed by atoms with E-state index in [2.05, 4.69) is 43.7 Å². The minimum Gasteiger partial charge on any atom is -0.494 e. The van der Waals surface area contributed by atoms with Crippen LogP contribution in [0.15, 0.2) is 43.0 Å². The van der Waals surface area contributed by atoms with Crippen LogP contribution in [0.2, 0.25) is 0 Å². The third-order valence-corrected chi connectivity index (χ3v) is 5.14. The number of H-pyrrole nitrogens is 1. The quantitative estimate of drug-likeness (QED) is 0.681. The average molecular weight is 381 g/mol. The minimum atomic E-state index is 0.304. The maximum Gasteiger partial charge on any atom is 0.119 e. The number of aromatic amines is 1. The van der Waals surface area contributed by atoms with Crippen molar-refractivity contribution in [1.29, 1.82) is 0 Å². The predicted octanol–water partition coefficient (Wildman–Crippen LogP) is 3.23. The van der Waals surface area contributed by atoms with E-state index in [9.17, 15) is 0 Å². The molecule has 1 saturated heterocycles. The number of aromatic nitrogens is 4. The Balaban J connectivity index is 1.57. The summed E-state index contributed by atoms with van der Waals surface area (Å²) in [5, 5.41) is 7.46. The van der Waals surface area contributed by atoms with Crippen LogP contribution in [-0.4, -0.2) is 64.1 Å². The van der Waals surface area contributed by atoms with Gasteiger partial charge in [0.25, 0.3) is 0 Å². The number of hydrogen-bond acceptors (Lipinski definition) is 5. The lowest BCUT2D eigenvalue weighted by Gasteiger charge is -2.30. The van der Waals surface area contributed by atoms with E-state index in [0.717, 1.165) is 61.1 Å². The number of hydrogen-bond donors (Lipinski definition) is 1. The number of rotatable bonds is 7. The molecule has 148 valence electrons. The Morgan fingerprint density at radius 2 is 1.96 bits per heavy atom. The first-order valence-electron chi connectivity index (χ1n) is 9.85. The molecule has 7 nitrogen and oxygen atoms in total. The lowest BCUT2D eigenvalue weighted by Crippen LogP contribution is -2.39. The molecule has 1 fully saturated rings. The molecule has 2 aromatic heterocycles. The van der Waals surface area contributed by atoms with E-state index in [4.69, 9.17) is 9.47 Å². The number of nitrogens with zero attached hydrogens (tertiary/aromatic N) is 4. The Morgan fingerprint density at radius 1 is 1.18 bits per heavy atom. The Hall–Kier alpha value is -2.64. The fraction of sp³-hybridized carbons (Fsp3) is 0.429. The van der Waals surface area contributed by atoms with Crippen molar-refractivity contribution in [2.45, 2.75) is 19.9 Å². The van der Waals surface area contributed by atoms with Crippen LogP contribution >= 0.6 is 0 Å². The third-order valence-electron chi connectivity index (χ3n) is 5.14. The Labute approximate surface area is 165 Å². The molecular formula is C21H27N5O2. The summed E-state index contributed by atoms with van der Waals surface area (Å²) in [6.45, 7) is 9.45. The standard InChI is InChI=1S/C21H27N5O2/c1-3-28-18-6-4-17(5-7-18)21-19(12-23-24-21)20-13-22-15-26(20)16(2)14-25-8-10-27-11-9-25/h4-7,12-13,15-16H,3,8-11,14H2,1-2H3,(H,23,24). The average Bonchev–Trinajstić information content (AvgIpc) is 3.39. The van der Waals surface area contributed by atoms with Gasteiger partial charge in [0.05, 0.1) is 49.9 Å². The molecular weight excluding hydrogens is 354 g/mol. The van der Waals surface area contributed by atoms with E-state index < -0.39 is 0 Å². The first-order valence-corrected chi connectivity index (χ1v) is 9.85. The van der Waals surface area contributed by atoms with E-state index >= 15 is 0 Å². The van der Waals surface area contributed by atoms with Crippen molar-refractivity contribution >= 4 is 0 Å². The second-order valence-electron chi connectivity index (χ2n) is 7.06. The van der Waals surface area contributed by atoms with Crippen molar-refractivity contribution in [1.82, 2.24) is 24.6 Å². The summed E-state index contributed by atoms with van der Waals surface area (Å²) < 4.78 is 13.2. The lowest BCUT2D eigenvalue weighted by atomic mass is 10.1. The summed E-state index contributed by atoms with van der Waals surface area (Å²) in [4.78, 5) is 6.87. The summed E-state index contributed by atoms with van der Waals surface area (Å²) in [5.41, 5.74) is 4.18. The predicted molar refractivity (Wildman–Crippen MR) is 108 cm³/mol. The highest BCUT2D eigenvalue weighted by Gasteiger charge is 2.19. The molecule has 1 aliphatic rings. The number of morpholine rings is 1. The highest BCUT2D eigenvalue weighted by molar-refractivity contribution is 5.78. The molecule has 1 atom stereocenters. The zero-order valence-electron chi connectivity index (χ0n) is 16.5. The third kappa shape index (κ3) is 3.95. The molecule has 1 aliphatic heterocycles. The Morgan fingerprint density at radius 3 is 2.71 bits per heavy atom. The van der Waals surface area contributed by atoms with E-state index in [0.29, 0.717) is 12.6 Å². The highest BCUT2D eigenvalue weighted by Crippen LogP contribution is 2.32. The maximum absolute atomic E-state index is 5.55. The van der Waals surface area contributed by atoms with Gasteiger partial charge in [0, 0.05) is 36.8 Å². The van der Waals surface area contributed by atoms with Crippen molar-refractivity contribution < 1.29 is 9.47 Å². The van der Waals surface area contributed by atoms with Gasteiger partial charge in [-0.1, -0.05) is 0 Å². The number of imidazole rings is 1. The van der Waals surface area contributed by atoms with Crippen LogP contribution < -0.4 is 4.74 Å². The lowest BCUT2D eigenvalue weighted by molar-refractivity contribution is 0.0326. The highest BCUT2D eigenvalue weighted by atomic mass is 16.5. The molecule has 28 heavy (non-hydrogen) atoms. The van der Waals surface area contributed by atoms with Gasteiger partial charge in [-0.2, -0.15) is 5.10 Å². The summed E-state index contributed by atoms with van der Waals surface area (Å²) in [6.07, 6.45) is 5.70. The molecule has 1 unspecified atom stereocenters. The van der Waals surface area contributed by atoms with Crippen LogP contribution in [0.3, 0.4) is 0 Å². The van der Waals surface area contributed by atoms with Gasteiger partial charge < -0.3 is 14.0 Å². The van der Waals surface area contributed by atoms with Gasteiger partial charge in [-0.3, -0.25) is 10.00 Å². The monoisotopic (exact) mass is 381 g/mol. The summed E-state index contributed by atoms with van der Waals surface area (Å²) in [7, 11) is 0. The molecule has 0 aliphatic carbocycles. The molecule has 0 spiro atoms. The minimum absolute atomic E-state index is 0.304. The van der Waals surface area contributed by atoms with E-state index in [1.165, 1.54) is 0 Å². The van der Waals surface area contributed by atoms with Crippen LogP contribution in [0.25, 0.3) is 22.5 Å². The molecule has 1 N–H and O–H groups in total. The molecule has 7 heteroatoms. The molecule has 0 saturated carbocycles. The largest absolute Gasteiger partial charge is 0.494 e. The summed E-state index contributed by atoms with van der Waals surface area (Å²) in [5.74, 6) is 0.872. The van der Waals surface area contributed by atoms with Gasteiger partial charge in [0.15, 0.2) is 0 Å². The Kier molecular flexibility index (Phi) is 5.73. The number of ether oxygens (including phenoxy) is 2. The van der Waals surface area contributed by atoms with Crippen LogP contribution in [0.1, 0.15) is 19.9 Å². The van der Waals surface area contributed by atoms with Gasteiger partial charge in [0.2, 0.25) is 0 Å². The first-order chi connectivity index (χ1) is 13.8. The van der Waals surface area contributed by atoms with Gasteiger partial charge in [-0.15, -0.1) is 0 Å². The molecule has 0 radical (unpaired) electrons. The number of benzene rings is 1. The second-order valence-corrected chi connectivity index (χ2v) is 7.06. The van der Waals surface area contributed by atoms with Crippen LogP contribution in [0.4, 0.5) is 0 Å². The molecule has 4 rings (SSSR count). The van der Waals surface area contributed by atoms with Gasteiger partial charge in [0.1, 0.15) is 5.75 Å². The number of nitrogens with one attached hydrogen (secondary N) is 1. The van der Waals surface area contributed by atoms with Crippen LogP contribution in [0.5, 0.6) is 5.75 Å². The van der Waals surface area contributed by atoms with Gasteiger partial charge >= 0.3 is 0 Å². The smallest absolute Gasteiger partial charge is 0.119 e. The zero-order chi connectivity index (χ0) is 19.3. The van der Waals surface area contributed by atoms with E-state index in [-0.39, 0.29) is 0 Å². The molecule has 3 heterocycles. The van der Waals surface area contributed by atoms with E-state index in [1.54, 1.807) is 0 Å². The first kappa shape index (κ1) is 18.7. The SMILES string of the molecule is CCOc1ccc(-c2[nH]ncc2-c2cncn2C(C)CN2CCOCC2)cc1. The second kappa shape index (κ2) is 8.58. The topological polar surface area (TPSA) is 68.2 Å². The van der Waals surface area contributed by atoms with Crippen molar-refractivity contribution in [3.63, 3.8) is 0 Å². The molecule has 0 bridgehead atoms. The zero-order valence-corrected chi connectivity index (χ0v) is 16.5. The van der Waals surface area contributed by atoms with Gasteiger partial charge in [-0.05, 0) is 38.1 Å². The molecule has 3 aromatic rings. The van der Waals surface area contributed by atoms with Crippen molar-refractivity contribution in [3.05, 3.63) is 43.0 Å². The van der Waals surface area contributed by atoms with Crippen molar-refractivity contribution in [3.8, 4) is 28.3 Å². The molecule has 1 aromatic carbocycles. The Bertz CT molecular complexity index is 880. The maximum atomic E-state index is 5.55. The van der Waals surface area contributed by atoms with Crippen molar-refractivity contribution in [2.24, 2.45) is 0 Å². The molecule has 0 amide bonds. The van der Waals surface area contributed by atoms with Crippen LogP contribution in [0, 0.1) is 0 Å². The van der Waals surface area contributed by atoms with E-state index in [1.807, 2.05) is 37.8 Å².